The molecule has 0 aromatic heterocycles. The van der Waals surface area contributed by atoms with E-state index in [0.29, 0.717) is 0 Å². The van der Waals surface area contributed by atoms with Gasteiger partial charge in [-0.2, -0.15) is 0 Å². The molecule has 1 heterocycles. The average molecular weight is 177 g/mol. The van der Waals surface area contributed by atoms with Crippen LogP contribution in [0, 0.1) is 0 Å². The van der Waals surface area contributed by atoms with Crippen molar-refractivity contribution in [3.63, 3.8) is 0 Å². The summed E-state index contributed by atoms with van der Waals surface area (Å²) in [5, 5.41) is 0.966. The Labute approximate surface area is 74.5 Å². The number of rotatable bonds is 0. The van der Waals surface area contributed by atoms with Gasteiger partial charge in [0, 0.05) is 17.7 Å². The zero-order valence-corrected chi connectivity index (χ0v) is 9.00. The summed E-state index contributed by atoms with van der Waals surface area (Å²) in [6.07, 6.45) is 0.842. The van der Waals surface area contributed by atoms with Crippen LogP contribution >= 0.6 is 0 Å². The topological polar surface area (TPSA) is 35.2 Å². The molecule has 12 heavy (non-hydrogen) atoms. The standard InChI is InChI=1S/C9H11NOSi/c10-7-5-6-3-1-2-4-8(6)11-9(7)12/h1-4H,5,10H2,12H3. The van der Waals surface area contributed by atoms with E-state index in [0.717, 1.165) is 33.5 Å². The van der Waals surface area contributed by atoms with Crippen LogP contribution in [0.15, 0.2) is 35.3 Å². The molecule has 2 rings (SSSR count). The molecule has 3 heteroatoms. The summed E-state index contributed by atoms with van der Waals surface area (Å²) in [5.74, 6) is 0.969. The van der Waals surface area contributed by atoms with Gasteiger partial charge in [-0.3, -0.25) is 0 Å². The van der Waals surface area contributed by atoms with Crippen LogP contribution in [0.5, 0.6) is 5.75 Å². The van der Waals surface area contributed by atoms with Crippen LogP contribution in [0.1, 0.15) is 5.56 Å². The Kier molecular flexibility index (Phi) is 1.66. The molecule has 62 valence electrons. The molecule has 0 fully saturated rings. The Bertz CT molecular complexity index is 313. The van der Waals surface area contributed by atoms with Crippen LogP contribution in [-0.4, -0.2) is 10.2 Å². The van der Waals surface area contributed by atoms with Gasteiger partial charge < -0.3 is 10.5 Å². The minimum absolute atomic E-state index is 0.842. The maximum atomic E-state index is 5.78. The molecule has 0 saturated heterocycles. The fourth-order valence-electron chi connectivity index (χ4n) is 1.31. The Morgan fingerprint density at radius 1 is 1.33 bits per heavy atom. The molecule has 0 radical (unpaired) electrons. The minimum Gasteiger partial charge on any atom is -0.466 e. The van der Waals surface area contributed by atoms with Crippen LogP contribution in [0.3, 0.4) is 0 Å². The highest BCUT2D eigenvalue weighted by atomic mass is 28.1. The van der Waals surface area contributed by atoms with Crippen molar-refractivity contribution < 1.29 is 4.74 Å². The summed E-state index contributed by atoms with van der Waals surface area (Å²) in [7, 11) is 0.885. The Morgan fingerprint density at radius 3 is 2.92 bits per heavy atom. The van der Waals surface area contributed by atoms with Crippen molar-refractivity contribution in [3.8, 4) is 5.75 Å². The first-order valence-corrected chi connectivity index (χ1v) is 4.98. The monoisotopic (exact) mass is 177 g/mol. The van der Waals surface area contributed by atoms with Crippen molar-refractivity contribution in [1.29, 1.82) is 0 Å². The van der Waals surface area contributed by atoms with E-state index in [1.807, 2.05) is 18.2 Å². The lowest BCUT2D eigenvalue weighted by molar-refractivity contribution is 0.436. The third-order valence-corrected chi connectivity index (χ3v) is 2.92. The predicted octanol–water partition coefficient (Wildman–Crippen LogP) is 0.115. The largest absolute Gasteiger partial charge is 0.466 e. The van der Waals surface area contributed by atoms with Gasteiger partial charge in [-0.15, -0.1) is 0 Å². The van der Waals surface area contributed by atoms with Crippen molar-refractivity contribution in [2.75, 3.05) is 0 Å². The van der Waals surface area contributed by atoms with E-state index in [-0.39, 0.29) is 0 Å². The lowest BCUT2D eigenvalue weighted by Gasteiger charge is -2.18. The number of benzene rings is 1. The zero-order valence-electron chi connectivity index (χ0n) is 7.00. The quantitative estimate of drug-likeness (QED) is 0.571. The molecule has 0 saturated carbocycles. The van der Waals surface area contributed by atoms with Gasteiger partial charge in [-0.25, -0.2) is 0 Å². The fraction of sp³-hybridized carbons (Fsp3) is 0.111. The van der Waals surface area contributed by atoms with E-state index in [1.165, 1.54) is 5.56 Å². The summed E-state index contributed by atoms with van der Waals surface area (Å²) >= 11 is 0. The van der Waals surface area contributed by atoms with Crippen LogP contribution < -0.4 is 10.5 Å². The molecule has 0 bridgehead atoms. The molecule has 1 aromatic rings. The first-order chi connectivity index (χ1) is 5.77. The van der Waals surface area contributed by atoms with E-state index < -0.39 is 0 Å². The molecule has 0 atom stereocenters. The molecule has 0 amide bonds. The SMILES string of the molecule is NC1=C([SiH3])Oc2ccccc2C1. The average Bonchev–Trinajstić information content (AvgIpc) is 2.07. The van der Waals surface area contributed by atoms with Gasteiger partial charge in [-0.1, -0.05) is 18.2 Å². The number of hydrogen-bond acceptors (Lipinski definition) is 2. The normalized spacial score (nSPS) is 15.7. The highest BCUT2D eigenvalue weighted by molar-refractivity contribution is 6.20. The van der Waals surface area contributed by atoms with Crippen LogP contribution in [0.25, 0.3) is 0 Å². The lowest BCUT2D eigenvalue weighted by Crippen LogP contribution is -2.15. The summed E-state index contributed by atoms with van der Waals surface area (Å²) in [6.45, 7) is 0. The number of para-hydroxylation sites is 1. The van der Waals surface area contributed by atoms with Crippen molar-refractivity contribution in [1.82, 2.24) is 0 Å². The Hall–Kier alpha value is -1.22. The van der Waals surface area contributed by atoms with E-state index in [2.05, 4.69) is 6.07 Å². The second-order valence-corrected chi connectivity index (χ2v) is 3.88. The smallest absolute Gasteiger partial charge is 0.129 e. The predicted molar refractivity (Wildman–Crippen MR) is 51.9 cm³/mol. The second kappa shape index (κ2) is 2.68. The second-order valence-electron chi connectivity index (χ2n) is 2.97. The highest BCUT2D eigenvalue weighted by Crippen LogP contribution is 2.26. The first kappa shape index (κ1) is 7.43. The van der Waals surface area contributed by atoms with Crippen molar-refractivity contribution in [3.05, 3.63) is 40.9 Å². The lowest BCUT2D eigenvalue weighted by atomic mass is 10.1. The van der Waals surface area contributed by atoms with Crippen molar-refractivity contribution >= 4 is 10.2 Å². The minimum atomic E-state index is 0.842. The molecule has 1 aliphatic heterocycles. The van der Waals surface area contributed by atoms with Gasteiger partial charge in [0.05, 0.1) is 15.6 Å². The van der Waals surface area contributed by atoms with Gasteiger partial charge in [-0.05, 0) is 6.07 Å². The van der Waals surface area contributed by atoms with E-state index >= 15 is 0 Å². The molecule has 0 aliphatic carbocycles. The number of ether oxygens (including phenoxy) is 1. The molecule has 0 unspecified atom stereocenters. The third kappa shape index (κ3) is 1.12. The summed E-state index contributed by atoms with van der Waals surface area (Å²) < 4.78 is 5.56. The first-order valence-electron chi connectivity index (χ1n) is 3.98. The van der Waals surface area contributed by atoms with E-state index in [4.69, 9.17) is 10.5 Å². The summed E-state index contributed by atoms with van der Waals surface area (Å²) in [5.41, 5.74) is 7.86. The molecular weight excluding hydrogens is 166 g/mol. The van der Waals surface area contributed by atoms with Crippen LogP contribution in [0.2, 0.25) is 0 Å². The van der Waals surface area contributed by atoms with E-state index in [1.54, 1.807) is 0 Å². The third-order valence-electron chi connectivity index (χ3n) is 2.07. The molecule has 1 aliphatic rings. The zero-order chi connectivity index (χ0) is 8.55. The van der Waals surface area contributed by atoms with Gasteiger partial charge in [0.1, 0.15) is 5.75 Å². The van der Waals surface area contributed by atoms with E-state index in [9.17, 15) is 0 Å². The summed E-state index contributed by atoms with van der Waals surface area (Å²) in [4.78, 5) is 0. The number of nitrogens with two attached hydrogens (primary N) is 1. The van der Waals surface area contributed by atoms with Gasteiger partial charge >= 0.3 is 0 Å². The number of fused-ring (bicyclic) bond motifs is 1. The number of hydrogen-bond donors (Lipinski definition) is 1. The van der Waals surface area contributed by atoms with Crippen molar-refractivity contribution in [2.45, 2.75) is 6.42 Å². The van der Waals surface area contributed by atoms with Gasteiger partial charge in [0.2, 0.25) is 0 Å². The van der Waals surface area contributed by atoms with Crippen molar-refractivity contribution in [2.24, 2.45) is 5.73 Å². The Morgan fingerprint density at radius 2 is 2.08 bits per heavy atom. The molecular formula is C9H11NOSi. The maximum absolute atomic E-state index is 5.78. The van der Waals surface area contributed by atoms with Crippen LogP contribution in [-0.2, 0) is 6.42 Å². The molecule has 0 spiro atoms. The van der Waals surface area contributed by atoms with Gasteiger partial charge in [0.25, 0.3) is 0 Å². The Balaban J connectivity index is 2.43. The molecule has 1 aromatic carbocycles. The molecule has 2 nitrogen and oxygen atoms in total. The van der Waals surface area contributed by atoms with Gasteiger partial charge in [0.15, 0.2) is 0 Å². The molecule has 2 N–H and O–H groups in total. The highest BCUT2D eigenvalue weighted by Gasteiger charge is 2.12. The van der Waals surface area contributed by atoms with Crippen LogP contribution in [0.4, 0.5) is 0 Å². The maximum Gasteiger partial charge on any atom is 0.129 e. The fourth-order valence-corrected chi connectivity index (χ4v) is 1.71. The summed E-state index contributed by atoms with van der Waals surface area (Å²) in [6, 6.07) is 8.03. The number of allylic oxidation sites excluding steroid dienone is 1.